The molecule has 2 heterocycles. The predicted molar refractivity (Wildman–Crippen MR) is 132 cm³/mol. The molecule has 0 spiro atoms. The molecule has 0 bridgehead atoms. The van der Waals surface area contributed by atoms with Crippen LogP contribution < -0.4 is 9.47 Å². The Kier molecular flexibility index (Phi) is 4.15. The average Bonchev–Trinajstić information content (AvgIpc) is 3.16. The van der Waals surface area contributed by atoms with E-state index in [1.54, 1.807) is 0 Å². The van der Waals surface area contributed by atoms with Crippen LogP contribution in [0.3, 0.4) is 0 Å². The van der Waals surface area contributed by atoms with Gasteiger partial charge in [-0.1, -0.05) is 55.1 Å². The van der Waals surface area contributed by atoms with E-state index in [0.717, 1.165) is 55.9 Å². The van der Waals surface area contributed by atoms with Crippen LogP contribution in [0.15, 0.2) is 91.5 Å². The minimum absolute atomic E-state index is 0.716. The summed E-state index contributed by atoms with van der Waals surface area (Å²) in [6.07, 6.45) is 6.09. The topological polar surface area (TPSA) is 23.4 Å². The van der Waals surface area contributed by atoms with Crippen molar-refractivity contribution in [2.75, 3.05) is 0 Å². The summed E-state index contributed by atoms with van der Waals surface area (Å²) in [4.78, 5) is 0. The van der Waals surface area contributed by atoms with Crippen molar-refractivity contribution in [2.24, 2.45) is 0 Å². The van der Waals surface area contributed by atoms with E-state index in [1.165, 1.54) is 0 Å². The standard InChI is InChI=1S/C29H21NO2/c1-3-10-20-18-24-23(17-19(20)4-2)22-15-16-27-29(32-26-14-9-8-13-25(26)31-27)28(22)30(24)21-11-6-5-7-12-21/h3-18H,2H2,1H3/b10-3-. The highest BCUT2D eigenvalue weighted by molar-refractivity contribution is 6.13. The third-order valence-corrected chi connectivity index (χ3v) is 5.91. The van der Waals surface area contributed by atoms with E-state index < -0.39 is 0 Å². The summed E-state index contributed by atoms with van der Waals surface area (Å²) in [6.45, 7) is 6.07. The molecule has 1 aliphatic heterocycles. The first-order valence-electron chi connectivity index (χ1n) is 10.7. The monoisotopic (exact) mass is 415 g/mol. The third-order valence-electron chi connectivity index (χ3n) is 5.91. The maximum Gasteiger partial charge on any atom is 0.194 e. The lowest BCUT2D eigenvalue weighted by Crippen LogP contribution is -2.02. The normalized spacial score (nSPS) is 12.4. The van der Waals surface area contributed by atoms with Crippen molar-refractivity contribution < 1.29 is 9.47 Å². The van der Waals surface area contributed by atoms with Crippen LogP contribution in [-0.4, -0.2) is 4.57 Å². The molecule has 0 radical (unpaired) electrons. The second-order valence-electron chi connectivity index (χ2n) is 7.81. The van der Waals surface area contributed by atoms with Crippen LogP contribution in [0.1, 0.15) is 18.1 Å². The molecule has 1 aliphatic rings. The van der Waals surface area contributed by atoms with Gasteiger partial charge in [-0.25, -0.2) is 0 Å². The van der Waals surface area contributed by atoms with Crippen LogP contribution in [0.4, 0.5) is 0 Å². The van der Waals surface area contributed by atoms with Gasteiger partial charge in [-0.3, -0.25) is 0 Å². The fourth-order valence-corrected chi connectivity index (χ4v) is 4.51. The zero-order chi connectivity index (χ0) is 21.7. The maximum atomic E-state index is 6.44. The quantitative estimate of drug-likeness (QED) is 0.290. The molecule has 0 fully saturated rings. The van der Waals surface area contributed by atoms with Gasteiger partial charge < -0.3 is 14.0 Å². The maximum absolute atomic E-state index is 6.44. The SMILES string of the molecule is C=Cc1cc2c3ccc4c(c3n(-c3ccccc3)c2cc1/C=C\C)Oc1ccccc1O4. The first-order valence-corrected chi connectivity index (χ1v) is 10.7. The summed E-state index contributed by atoms with van der Waals surface area (Å²) in [6, 6.07) is 26.7. The second kappa shape index (κ2) is 7.17. The molecule has 0 aliphatic carbocycles. The van der Waals surface area contributed by atoms with Gasteiger partial charge in [0, 0.05) is 16.5 Å². The smallest absolute Gasteiger partial charge is 0.194 e. The van der Waals surface area contributed by atoms with Crippen molar-refractivity contribution >= 4 is 34.0 Å². The van der Waals surface area contributed by atoms with Gasteiger partial charge in [0.2, 0.25) is 0 Å². The Morgan fingerprint density at radius 3 is 2.25 bits per heavy atom. The molecule has 0 amide bonds. The molecule has 3 nitrogen and oxygen atoms in total. The van der Waals surface area contributed by atoms with E-state index in [4.69, 9.17) is 9.47 Å². The van der Waals surface area contributed by atoms with Gasteiger partial charge >= 0.3 is 0 Å². The van der Waals surface area contributed by atoms with Gasteiger partial charge in [0.1, 0.15) is 5.52 Å². The number of nitrogens with zero attached hydrogens (tertiary/aromatic N) is 1. The molecule has 4 aromatic carbocycles. The Hall–Kier alpha value is -4.24. The number of aromatic nitrogens is 1. The van der Waals surface area contributed by atoms with Crippen molar-refractivity contribution in [3.05, 3.63) is 103 Å². The highest BCUT2D eigenvalue weighted by atomic mass is 16.6. The fraction of sp³-hybridized carbons (Fsp3) is 0.0345. The van der Waals surface area contributed by atoms with Gasteiger partial charge in [0.25, 0.3) is 0 Å². The largest absolute Gasteiger partial charge is 0.449 e. The number of fused-ring (bicyclic) bond motifs is 6. The van der Waals surface area contributed by atoms with E-state index in [1.807, 2.05) is 49.4 Å². The molecule has 0 N–H and O–H groups in total. The summed E-state index contributed by atoms with van der Waals surface area (Å²) in [5.41, 5.74) is 5.40. The van der Waals surface area contributed by atoms with Crippen LogP contribution in [0, 0.1) is 0 Å². The Labute approximate surface area is 186 Å². The van der Waals surface area contributed by atoms with Crippen molar-refractivity contribution in [1.82, 2.24) is 4.57 Å². The van der Waals surface area contributed by atoms with E-state index in [0.29, 0.717) is 5.75 Å². The third kappa shape index (κ3) is 2.68. The predicted octanol–water partition coefficient (Wildman–Crippen LogP) is 8.36. The molecule has 5 aromatic rings. The number of allylic oxidation sites excluding steroid dienone is 1. The highest BCUT2D eigenvalue weighted by Gasteiger charge is 2.25. The molecule has 0 saturated carbocycles. The zero-order valence-electron chi connectivity index (χ0n) is 17.7. The molecule has 0 atom stereocenters. The lowest BCUT2D eigenvalue weighted by atomic mass is 10.0. The Morgan fingerprint density at radius 1 is 0.750 bits per heavy atom. The molecular formula is C29H21NO2. The van der Waals surface area contributed by atoms with Gasteiger partial charge in [0.05, 0.1) is 5.52 Å². The number of rotatable bonds is 3. The number of hydrogen-bond donors (Lipinski definition) is 0. The van der Waals surface area contributed by atoms with Crippen molar-refractivity contribution in [3.8, 4) is 28.7 Å². The van der Waals surface area contributed by atoms with Crippen LogP contribution in [0.5, 0.6) is 23.0 Å². The van der Waals surface area contributed by atoms with Gasteiger partial charge in [-0.15, -0.1) is 0 Å². The van der Waals surface area contributed by atoms with Gasteiger partial charge in [-0.05, 0) is 66.6 Å². The van der Waals surface area contributed by atoms with E-state index >= 15 is 0 Å². The van der Waals surface area contributed by atoms with Crippen molar-refractivity contribution in [3.63, 3.8) is 0 Å². The van der Waals surface area contributed by atoms with Crippen molar-refractivity contribution in [1.29, 1.82) is 0 Å². The van der Waals surface area contributed by atoms with E-state index in [2.05, 4.69) is 65.8 Å². The summed E-state index contributed by atoms with van der Waals surface area (Å²) in [5, 5.41) is 2.26. The molecule has 3 heteroatoms. The first-order chi connectivity index (χ1) is 15.8. The lowest BCUT2D eigenvalue weighted by molar-refractivity contribution is 0.362. The zero-order valence-corrected chi connectivity index (χ0v) is 17.7. The Bertz CT molecular complexity index is 1540. The number of para-hydroxylation sites is 3. The minimum atomic E-state index is 0.716. The minimum Gasteiger partial charge on any atom is -0.449 e. The molecule has 6 rings (SSSR count). The molecule has 0 saturated heterocycles. The van der Waals surface area contributed by atoms with Crippen LogP contribution in [0.25, 0.3) is 39.6 Å². The van der Waals surface area contributed by atoms with E-state index in [-0.39, 0.29) is 0 Å². The van der Waals surface area contributed by atoms with E-state index in [9.17, 15) is 0 Å². The molecule has 0 unspecified atom stereocenters. The van der Waals surface area contributed by atoms with Crippen LogP contribution in [-0.2, 0) is 0 Å². The van der Waals surface area contributed by atoms with Gasteiger partial charge in [0.15, 0.2) is 23.0 Å². The summed E-state index contributed by atoms with van der Waals surface area (Å²) >= 11 is 0. The van der Waals surface area contributed by atoms with Crippen molar-refractivity contribution in [2.45, 2.75) is 6.92 Å². The lowest BCUT2D eigenvalue weighted by Gasteiger charge is -2.22. The summed E-state index contributed by atoms with van der Waals surface area (Å²) in [7, 11) is 0. The second-order valence-corrected chi connectivity index (χ2v) is 7.81. The molecular weight excluding hydrogens is 394 g/mol. The number of benzene rings is 4. The summed E-state index contributed by atoms with van der Waals surface area (Å²) in [5.74, 6) is 2.90. The Balaban J connectivity index is 1.76. The number of ether oxygens (including phenoxy) is 2. The number of hydrogen-bond acceptors (Lipinski definition) is 2. The average molecular weight is 415 g/mol. The van der Waals surface area contributed by atoms with Gasteiger partial charge in [-0.2, -0.15) is 0 Å². The first kappa shape index (κ1) is 18.5. The van der Waals surface area contributed by atoms with Crippen LogP contribution in [0.2, 0.25) is 0 Å². The summed E-state index contributed by atoms with van der Waals surface area (Å²) < 4.78 is 14.9. The Morgan fingerprint density at radius 2 is 1.50 bits per heavy atom. The molecule has 154 valence electrons. The molecule has 32 heavy (non-hydrogen) atoms. The molecule has 1 aromatic heterocycles. The highest BCUT2D eigenvalue weighted by Crippen LogP contribution is 2.50. The van der Waals surface area contributed by atoms with Crippen LogP contribution >= 0.6 is 0 Å². The fourth-order valence-electron chi connectivity index (χ4n) is 4.51.